The van der Waals surface area contributed by atoms with Crippen LogP contribution in [0.4, 0.5) is 0 Å². The zero-order valence-electron chi connectivity index (χ0n) is 11.4. The summed E-state index contributed by atoms with van der Waals surface area (Å²) in [6.07, 6.45) is 0. The summed E-state index contributed by atoms with van der Waals surface area (Å²) in [4.78, 5) is 12.0. The second kappa shape index (κ2) is 6.56. The molecule has 2 rings (SSSR count). The first-order valence-electron chi connectivity index (χ1n) is 6.27. The first kappa shape index (κ1) is 14.6. The second-order valence-corrected chi connectivity index (χ2v) is 6.52. The third-order valence-corrected chi connectivity index (χ3v) is 5.12. The monoisotopic (exact) mass is 333 g/mol. The van der Waals surface area contributed by atoms with E-state index in [-0.39, 0.29) is 25.6 Å². The summed E-state index contributed by atoms with van der Waals surface area (Å²) in [7, 11) is 1.65. The van der Waals surface area contributed by atoms with Crippen LogP contribution >= 0.6 is 0 Å². The average Bonchev–Trinajstić information content (AvgIpc) is 2.50. The van der Waals surface area contributed by atoms with Crippen molar-refractivity contribution >= 4 is 30.4 Å². The molecule has 102 valence electrons. The Labute approximate surface area is 124 Å². The molecule has 0 spiro atoms. The summed E-state index contributed by atoms with van der Waals surface area (Å²) in [5.74, 6) is 0.682. The van der Waals surface area contributed by atoms with Crippen LogP contribution < -0.4 is 4.74 Å². The maximum absolute atomic E-state index is 12.0. The van der Waals surface area contributed by atoms with Crippen LogP contribution in [-0.2, 0) is 4.79 Å². The minimum absolute atomic E-state index is 0.144. The van der Waals surface area contributed by atoms with E-state index >= 15 is 0 Å². The first-order valence-corrected chi connectivity index (χ1v) is 8.34. The second-order valence-electron chi connectivity index (χ2n) is 4.46. The number of nitrogens with zero attached hydrogens (tertiary/aromatic N) is 1. The zero-order chi connectivity index (χ0) is 14.5. The summed E-state index contributed by atoms with van der Waals surface area (Å²) in [5, 5.41) is 11.1. The molecular weight excluding hydrogens is 317 g/mol. The fourth-order valence-electron chi connectivity index (χ4n) is 2.00. The number of ether oxygens (including phenoxy) is 1. The van der Waals surface area contributed by atoms with Crippen molar-refractivity contribution < 1.29 is 9.53 Å². The van der Waals surface area contributed by atoms with Gasteiger partial charge in [-0.05, 0) is 0 Å². The third-order valence-electron chi connectivity index (χ3n) is 3.20. The van der Waals surface area contributed by atoms with E-state index in [2.05, 4.69) is 0 Å². The first-order chi connectivity index (χ1) is 9.65. The van der Waals surface area contributed by atoms with Gasteiger partial charge in [-0.2, -0.15) is 0 Å². The topological polar surface area (TPSA) is 50.1 Å². The number of carbonyl (C=O) groups is 1. The number of methoxy groups -OCH3 is 1. The van der Waals surface area contributed by atoms with Gasteiger partial charge in [-0.25, -0.2) is 0 Å². The van der Waals surface area contributed by atoms with E-state index in [0.717, 1.165) is 22.1 Å². The van der Waals surface area contributed by atoms with Crippen molar-refractivity contribution in [1.29, 1.82) is 5.26 Å². The number of benzene rings is 2. The fourth-order valence-corrected chi connectivity index (χ4v) is 3.25. The zero-order valence-corrected chi connectivity index (χ0v) is 13.1. The molecule has 0 saturated heterocycles. The molecule has 2 aromatic carbocycles. The summed E-state index contributed by atoms with van der Waals surface area (Å²) in [6, 6.07) is 14.0. The predicted octanol–water partition coefficient (Wildman–Crippen LogP) is 3.12. The van der Waals surface area contributed by atoms with Crippen LogP contribution in [0.15, 0.2) is 36.4 Å². The number of nitriles is 1. The van der Waals surface area contributed by atoms with E-state index in [9.17, 15) is 4.79 Å². The quantitative estimate of drug-likeness (QED) is 0.791. The van der Waals surface area contributed by atoms with E-state index in [1.165, 1.54) is 0 Å². The van der Waals surface area contributed by atoms with Gasteiger partial charge in [-0.1, -0.05) is 0 Å². The molecule has 0 radical (unpaired) electrons. The van der Waals surface area contributed by atoms with Crippen LogP contribution in [0.5, 0.6) is 5.75 Å². The van der Waals surface area contributed by atoms with E-state index in [0.29, 0.717) is 5.32 Å². The number of carbonyl (C=O) groups excluding carboxylic acids is 1. The number of hydrogen-bond donors (Lipinski definition) is 0. The fraction of sp³-hybridized carbons (Fsp3) is 0.250. The van der Waals surface area contributed by atoms with Crippen molar-refractivity contribution in [2.75, 3.05) is 7.11 Å². The van der Waals surface area contributed by atoms with Crippen LogP contribution in [0.3, 0.4) is 0 Å². The molecule has 20 heavy (non-hydrogen) atoms. The molecule has 0 heterocycles. The van der Waals surface area contributed by atoms with Crippen molar-refractivity contribution in [2.45, 2.75) is 18.2 Å². The van der Waals surface area contributed by atoms with Crippen molar-refractivity contribution in [3.63, 3.8) is 0 Å². The van der Waals surface area contributed by atoms with Crippen LogP contribution in [0.25, 0.3) is 10.8 Å². The van der Waals surface area contributed by atoms with Gasteiger partial charge in [0.1, 0.15) is 0 Å². The Bertz CT molecular complexity index is 676. The van der Waals surface area contributed by atoms with Gasteiger partial charge in [0.25, 0.3) is 0 Å². The Morgan fingerprint density at radius 2 is 2.00 bits per heavy atom. The van der Waals surface area contributed by atoms with Gasteiger partial charge in [-0.3, -0.25) is 0 Å². The molecule has 0 saturated carbocycles. The summed E-state index contributed by atoms with van der Waals surface area (Å²) >= 11 is -0.247. The predicted molar refractivity (Wildman–Crippen MR) is 80.1 cm³/mol. The standard InChI is InChI=1S/C16H15NO2Se/c1-11(16(18)20-8-7-17)12-3-4-14-10-15(19-2)6-5-13(14)9-12/h3-6,9-11H,8H2,1-2H3/t11-/m0/s1. The SMILES string of the molecule is COc1ccc2cc([C@H](C)C(=O)[Se]CC#N)ccc2c1. The molecule has 0 aliphatic rings. The van der Waals surface area contributed by atoms with Crippen LogP contribution in [0.1, 0.15) is 18.4 Å². The Morgan fingerprint density at radius 3 is 2.70 bits per heavy atom. The molecule has 0 N–H and O–H groups in total. The van der Waals surface area contributed by atoms with Crippen LogP contribution in [0, 0.1) is 11.3 Å². The van der Waals surface area contributed by atoms with Gasteiger partial charge in [0.15, 0.2) is 0 Å². The van der Waals surface area contributed by atoms with Crippen molar-refractivity contribution in [3.8, 4) is 11.8 Å². The third kappa shape index (κ3) is 3.19. The summed E-state index contributed by atoms with van der Waals surface area (Å²) < 4.78 is 5.37. The summed E-state index contributed by atoms with van der Waals surface area (Å²) in [5.41, 5.74) is 1.01. The van der Waals surface area contributed by atoms with Crippen molar-refractivity contribution in [3.05, 3.63) is 42.0 Å². The number of hydrogen-bond acceptors (Lipinski definition) is 3. The molecular formula is C16H15NO2Se. The van der Waals surface area contributed by atoms with E-state index in [1.807, 2.05) is 49.4 Å². The minimum atomic E-state index is -0.247. The molecule has 0 aliphatic heterocycles. The molecule has 3 nitrogen and oxygen atoms in total. The van der Waals surface area contributed by atoms with Gasteiger partial charge >= 0.3 is 124 Å². The van der Waals surface area contributed by atoms with Crippen LogP contribution in [-0.4, -0.2) is 26.7 Å². The molecule has 4 heteroatoms. The van der Waals surface area contributed by atoms with Gasteiger partial charge in [0, 0.05) is 0 Å². The molecule has 0 unspecified atom stereocenters. The molecule has 0 fully saturated rings. The van der Waals surface area contributed by atoms with Crippen molar-refractivity contribution in [1.82, 2.24) is 0 Å². The Hall–Kier alpha value is -1.82. The molecule has 0 aromatic heterocycles. The van der Waals surface area contributed by atoms with E-state index < -0.39 is 0 Å². The molecule has 0 aliphatic carbocycles. The van der Waals surface area contributed by atoms with Gasteiger partial charge in [-0.15, -0.1) is 0 Å². The molecule has 0 bridgehead atoms. The van der Waals surface area contributed by atoms with Gasteiger partial charge < -0.3 is 0 Å². The number of fused-ring (bicyclic) bond motifs is 1. The van der Waals surface area contributed by atoms with Gasteiger partial charge in [0.2, 0.25) is 0 Å². The number of rotatable bonds is 5. The Kier molecular flexibility index (Phi) is 4.79. The molecule has 1 atom stereocenters. The van der Waals surface area contributed by atoms with Crippen LogP contribution in [0.2, 0.25) is 5.32 Å². The average molecular weight is 332 g/mol. The Morgan fingerprint density at radius 1 is 1.30 bits per heavy atom. The van der Waals surface area contributed by atoms with E-state index in [4.69, 9.17) is 10.00 Å². The van der Waals surface area contributed by atoms with E-state index in [1.54, 1.807) is 7.11 Å². The molecule has 2 aromatic rings. The normalized spacial score (nSPS) is 11.8. The molecule has 0 amide bonds. The van der Waals surface area contributed by atoms with Crippen molar-refractivity contribution in [2.24, 2.45) is 0 Å². The van der Waals surface area contributed by atoms with Gasteiger partial charge in [0.05, 0.1) is 0 Å². The summed E-state index contributed by atoms with van der Waals surface area (Å²) in [6.45, 7) is 1.91. The maximum atomic E-state index is 12.0. The Balaban J connectivity index is 2.27.